The number of nitrogens with zero attached hydrogens (tertiary/aromatic N) is 2. The standard InChI is InChI=1S/C13H12F2N2Si/c1-2-5-18-10-7-16-13(17-8-10)9-3-4-11(14)12(15)6-9/h3-4,6-8H,2,5H2,1H3. The van der Waals surface area contributed by atoms with E-state index in [-0.39, 0.29) is 0 Å². The van der Waals surface area contributed by atoms with Crippen molar-refractivity contribution < 1.29 is 8.78 Å². The molecule has 0 spiro atoms. The molecule has 1 aromatic carbocycles. The van der Waals surface area contributed by atoms with Crippen LogP contribution in [0, 0.1) is 11.6 Å². The first kappa shape index (κ1) is 12.8. The Balaban J connectivity index is 2.20. The van der Waals surface area contributed by atoms with E-state index in [1.165, 1.54) is 6.07 Å². The fourth-order valence-corrected chi connectivity index (χ4v) is 2.32. The van der Waals surface area contributed by atoms with E-state index in [1.807, 2.05) is 0 Å². The SMILES string of the molecule is CCC[Si]c1cnc(-c2ccc(F)c(F)c2)nc1. The van der Waals surface area contributed by atoms with Crippen LogP contribution in [0.4, 0.5) is 8.78 Å². The second kappa shape index (κ2) is 5.82. The van der Waals surface area contributed by atoms with Gasteiger partial charge in [0.2, 0.25) is 0 Å². The molecule has 1 aromatic heterocycles. The topological polar surface area (TPSA) is 25.8 Å². The molecule has 0 bridgehead atoms. The Morgan fingerprint density at radius 2 is 1.83 bits per heavy atom. The van der Waals surface area contributed by atoms with Crippen molar-refractivity contribution in [2.75, 3.05) is 0 Å². The Bertz CT molecular complexity index is 529. The molecule has 0 N–H and O–H groups in total. The normalized spacial score (nSPS) is 10.6. The van der Waals surface area contributed by atoms with Gasteiger partial charge in [-0.2, -0.15) is 0 Å². The number of halogens is 2. The molecule has 18 heavy (non-hydrogen) atoms. The lowest BCUT2D eigenvalue weighted by Crippen LogP contribution is -2.15. The number of hydrogen-bond acceptors (Lipinski definition) is 2. The Morgan fingerprint density at radius 3 is 2.44 bits per heavy atom. The van der Waals surface area contributed by atoms with Crippen LogP contribution in [-0.4, -0.2) is 19.5 Å². The summed E-state index contributed by atoms with van der Waals surface area (Å²) < 4.78 is 25.9. The van der Waals surface area contributed by atoms with Crippen LogP contribution in [0.25, 0.3) is 11.4 Å². The summed E-state index contributed by atoms with van der Waals surface area (Å²) in [7, 11) is 0.695. The van der Waals surface area contributed by atoms with Crippen molar-refractivity contribution in [3.05, 3.63) is 42.2 Å². The van der Waals surface area contributed by atoms with E-state index in [2.05, 4.69) is 16.9 Å². The highest BCUT2D eigenvalue weighted by atomic mass is 28.2. The number of benzene rings is 1. The molecule has 2 nitrogen and oxygen atoms in total. The fraction of sp³-hybridized carbons (Fsp3) is 0.231. The predicted molar refractivity (Wildman–Crippen MR) is 67.9 cm³/mol. The van der Waals surface area contributed by atoms with Gasteiger partial charge < -0.3 is 0 Å². The fourth-order valence-electron chi connectivity index (χ4n) is 1.47. The number of aromatic nitrogens is 2. The lowest BCUT2D eigenvalue weighted by molar-refractivity contribution is 0.509. The van der Waals surface area contributed by atoms with E-state index in [9.17, 15) is 8.78 Å². The molecule has 2 radical (unpaired) electrons. The second-order valence-corrected chi connectivity index (χ2v) is 5.28. The third-order valence-electron chi connectivity index (χ3n) is 2.41. The summed E-state index contributed by atoms with van der Waals surface area (Å²) in [5.41, 5.74) is 0.485. The van der Waals surface area contributed by atoms with Gasteiger partial charge >= 0.3 is 0 Å². The van der Waals surface area contributed by atoms with Gasteiger partial charge in [-0.1, -0.05) is 19.4 Å². The molecule has 2 rings (SSSR count). The number of hydrogen-bond donors (Lipinski definition) is 0. The van der Waals surface area contributed by atoms with Crippen molar-refractivity contribution in [2.24, 2.45) is 0 Å². The first-order chi connectivity index (χ1) is 8.70. The minimum atomic E-state index is -0.881. The van der Waals surface area contributed by atoms with Gasteiger partial charge in [0.05, 0.1) is 9.52 Å². The monoisotopic (exact) mass is 262 g/mol. The van der Waals surface area contributed by atoms with Crippen molar-refractivity contribution in [3.8, 4) is 11.4 Å². The first-order valence-electron chi connectivity index (χ1n) is 5.72. The van der Waals surface area contributed by atoms with Gasteiger partial charge in [-0.15, -0.1) is 0 Å². The maximum Gasteiger partial charge on any atom is 0.159 e. The van der Waals surface area contributed by atoms with E-state index >= 15 is 0 Å². The summed E-state index contributed by atoms with van der Waals surface area (Å²) in [5.74, 6) is -1.33. The maximum absolute atomic E-state index is 13.1. The molecule has 1 heterocycles. The van der Waals surface area contributed by atoms with E-state index in [0.717, 1.165) is 29.8 Å². The van der Waals surface area contributed by atoms with Gasteiger partial charge in [-0.05, 0) is 23.4 Å². The summed E-state index contributed by atoms with van der Waals surface area (Å²) in [4.78, 5) is 8.36. The highest BCUT2D eigenvalue weighted by molar-refractivity contribution is 6.53. The molecule has 92 valence electrons. The zero-order valence-corrected chi connectivity index (χ0v) is 11.0. The summed E-state index contributed by atoms with van der Waals surface area (Å²) in [6, 6.07) is 4.79. The van der Waals surface area contributed by atoms with E-state index in [0.29, 0.717) is 20.9 Å². The van der Waals surface area contributed by atoms with Crippen LogP contribution in [0.3, 0.4) is 0 Å². The Kier molecular flexibility index (Phi) is 4.14. The molecule has 0 saturated heterocycles. The Morgan fingerprint density at radius 1 is 1.11 bits per heavy atom. The lowest BCUT2D eigenvalue weighted by atomic mass is 10.2. The highest BCUT2D eigenvalue weighted by Gasteiger charge is 2.06. The minimum absolute atomic E-state index is 0.416. The van der Waals surface area contributed by atoms with Crippen LogP contribution in [0.2, 0.25) is 6.04 Å². The van der Waals surface area contributed by atoms with Gasteiger partial charge in [0.1, 0.15) is 0 Å². The maximum atomic E-state index is 13.1. The van der Waals surface area contributed by atoms with Crippen molar-refractivity contribution >= 4 is 14.7 Å². The lowest BCUT2D eigenvalue weighted by Gasteiger charge is -2.02. The highest BCUT2D eigenvalue weighted by Crippen LogP contribution is 2.16. The van der Waals surface area contributed by atoms with Crippen LogP contribution in [0.15, 0.2) is 30.6 Å². The van der Waals surface area contributed by atoms with Gasteiger partial charge in [0.15, 0.2) is 17.5 Å². The molecular formula is C13H12F2N2Si. The van der Waals surface area contributed by atoms with E-state index in [4.69, 9.17) is 0 Å². The minimum Gasteiger partial charge on any atom is -0.237 e. The van der Waals surface area contributed by atoms with Crippen molar-refractivity contribution in [1.82, 2.24) is 9.97 Å². The summed E-state index contributed by atoms with van der Waals surface area (Å²) in [6.45, 7) is 2.13. The summed E-state index contributed by atoms with van der Waals surface area (Å²) in [5, 5.41) is 1.09. The molecule has 0 aliphatic heterocycles. The average Bonchev–Trinajstić information content (AvgIpc) is 2.40. The molecule has 0 fully saturated rings. The molecule has 0 aliphatic carbocycles. The third-order valence-corrected chi connectivity index (χ3v) is 3.83. The zero-order chi connectivity index (χ0) is 13.0. The van der Waals surface area contributed by atoms with Crippen LogP contribution in [-0.2, 0) is 0 Å². The third kappa shape index (κ3) is 2.98. The second-order valence-electron chi connectivity index (χ2n) is 3.85. The molecule has 2 aromatic rings. The van der Waals surface area contributed by atoms with Crippen LogP contribution < -0.4 is 5.19 Å². The van der Waals surface area contributed by atoms with E-state index in [1.54, 1.807) is 12.4 Å². The van der Waals surface area contributed by atoms with Gasteiger partial charge in [-0.3, -0.25) is 0 Å². The van der Waals surface area contributed by atoms with Crippen LogP contribution in [0.1, 0.15) is 13.3 Å². The van der Waals surface area contributed by atoms with E-state index < -0.39 is 11.6 Å². The quantitative estimate of drug-likeness (QED) is 0.791. The number of rotatable bonds is 4. The average molecular weight is 262 g/mol. The summed E-state index contributed by atoms with van der Waals surface area (Å²) >= 11 is 0. The van der Waals surface area contributed by atoms with Crippen molar-refractivity contribution in [3.63, 3.8) is 0 Å². The Hall–Kier alpha value is -1.62. The molecule has 0 amide bonds. The molecule has 5 heteroatoms. The molecule has 0 aliphatic rings. The first-order valence-corrected chi connectivity index (χ1v) is 6.92. The zero-order valence-electron chi connectivity index (χ0n) is 9.95. The van der Waals surface area contributed by atoms with Crippen LogP contribution in [0.5, 0.6) is 0 Å². The van der Waals surface area contributed by atoms with Crippen LogP contribution >= 0.6 is 0 Å². The summed E-state index contributed by atoms with van der Waals surface area (Å²) in [6.07, 6.45) is 4.62. The molecule has 0 saturated carbocycles. The smallest absolute Gasteiger partial charge is 0.159 e. The molecule has 0 unspecified atom stereocenters. The van der Waals surface area contributed by atoms with Gasteiger partial charge in [-0.25, -0.2) is 18.7 Å². The van der Waals surface area contributed by atoms with Gasteiger partial charge in [0, 0.05) is 18.0 Å². The Labute approximate surface area is 107 Å². The van der Waals surface area contributed by atoms with Crippen molar-refractivity contribution in [2.45, 2.75) is 19.4 Å². The largest absolute Gasteiger partial charge is 0.237 e. The predicted octanol–water partition coefficient (Wildman–Crippen LogP) is 2.58. The molecule has 0 atom stereocenters. The molecular weight excluding hydrogens is 250 g/mol. The van der Waals surface area contributed by atoms with Crippen molar-refractivity contribution in [1.29, 1.82) is 0 Å². The van der Waals surface area contributed by atoms with Gasteiger partial charge in [0.25, 0.3) is 0 Å².